The number of fused-ring (bicyclic) bond motifs is 8. The first-order chi connectivity index (χ1) is 42.1. The molecule has 86 heavy (non-hydrogen) atoms. The van der Waals surface area contributed by atoms with E-state index in [-0.39, 0.29) is 10.8 Å². The van der Waals surface area contributed by atoms with Crippen LogP contribution in [0.4, 0.5) is 34.1 Å². The average Bonchev–Trinajstić information content (AvgIpc) is 3.57. The van der Waals surface area contributed by atoms with Crippen LogP contribution in [0.1, 0.15) is 72.2 Å². The predicted molar refractivity (Wildman–Crippen MR) is 368 cm³/mol. The molecule has 13 aromatic carbocycles. The fraction of sp³-hybridized carbons (Fsp3) is 0.0714. The van der Waals surface area contributed by atoms with Gasteiger partial charge < -0.3 is 9.80 Å². The van der Waals surface area contributed by atoms with Crippen LogP contribution in [0, 0.1) is 0 Å². The first-order valence-electron chi connectivity index (χ1n) is 30.0. The van der Waals surface area contributed by atoms with Crippen molar-refractivity contribution in [3.8, 4) is 44.5 Å². The van der Waals surface area contributed by atoms with Crippen LogP contribution >= 0.6 is 0 Å². The summed E-state index contributed by atoms with van der Waals surface area (Å²) in [6.07, 6.45) is 8.98. The van der Waals surface area contributed by atoms with Crippen molar-refractivity contribution in [1.29, 1.82) is 0 Å². The zero-order valence-corrected chi connectivity index (χ0v) is 48.9. The van der Waals surface area contributed by atoms with E-state index in [1.807, 2.05) is 0 Å². The van der Waals surface area contributed by atoms with Gasteiger partial charge >= 0.3 is 0 Å². The van der Waals surface area contributed by atoms with Crippen LogP contribution in [0.2, 0.25) is 0 Å². The standard InChI is InChI=1S/C84H64N2/c1-83(2)79-51-59(31-47-75(79)77-49-45-73(55-81(77)83)85(69-19-7-5-8-20-69)71-41-37-63(38-42-71)67-35-33-61-15-11-13-17-65(61)53-67)29-27-57-23-25-58(26-24-57)28-30-60-32-48-76-78-50-46-74(56-82(78)84(3,4)80(76)52-60)86(70-21-9-6-10-22-70)72-43-39-64(40-44-72)68-36-34-62-16-12-14-18-66(62)54-68/h5-56H,1-4H3. The van der Waals surface area contributed by atoms with E-state index in [1.54, 1.807) is 0 Å². The highest BCUT2D eigenvalue weighted by molar-refractivity contribution is 5.92. The molecule has 15 rings (SSSR count). The second-order valence-electron chi connectivity index (χ2n) is 24.2. The maximum Gasteiger partial charge on any atom is 0.0465 e. The second kappa shape index (κ2) is 21.3. The Hall–Kier alpha value is -10.5. The van der Waals surface area contributed by atoms with Gasteiger partial charge in [0.05, 0.1) is 0 Å². The van der Waals surface area contributed by atoms with Crippen molar-refractivity contribution in [1.82, 2.24) is 0 Å². The van der Waals surface area contributed by atoms with Crippen LogP contribution in [0.3, 0.4) is 0 Å². The molecule has 0 saturated heterocycles. The summed E-state index contributed by atoms with van der Waals surface area (Å²) in [4.78, 5) is 4.77. The molecule has 13 aromatic rings. The molecule has 2 heteroatoms. The summed E-state index contributed by atoms with van der Waals surface area (Å²) in [5.74, 6) is 0. The minimum atomic E-state index is -0.193. The Balaban J connectivity index is 0.635. The number of hydrogen-bond donors (Lipinski definition) is 0. The molecule has 410 valence electrons. The minimum Gasteiger partial charge on any atom is -0.310 e. The summed E-state index contributed by atoms with van der Waals surface area (Å²) in [6.45, 7) is 9.50. The third-order valence-electron chi connectivity index (χ3n) is 18.2. The van der Waals surface area contributed by atoms with Gasteiger partial charge in [-0.1, -0.05) is 258 Å². The van der Waals surface area contributed by atoms with Crippen molar-refractivity contribution < 1.29 is 0 Å². The number of rotatable bonds is 12. The minimum absolute atomic E-state index is 0.193. The van der Waals surface area contributed by atoms with Crippen LogP contribution < -0.4 is 9.80 Å². The highest BCUT2D eigenvalue weighted by Gasteiger charge is 2.38. The van der Waals surface area contributed by atoms with Gasteiger partial charge in [0, 0.05) is 45.0 Å². The Morgan fingerprint density at radius 1 is 0.221 bits per heavy atom. The lowest BCUT2D eigenvalue weighted by Gasteiger charge is -2.28. The number of para-hydroxylation sites is 2. The molecule has 0 saturated carbocycles. The Kier molecular flexibility index (Phi) is 12.9. The van der Waals surface area contributed by atoms with Crippen molar-refractivity contribution in [2.75, 3.05) is 9.80 Å². The van der Waals surface area contributed by atoms with Gasteiger partial charge in [-0.15, -0.1) is 0 Å². The van der Waals surface area contributed by atoms with Crippen molar-refractivity contribution in [3.63, 3.8) is 0 Å². The average molecular weight is 1100 g/mol. The SMILES string of the molecule is CC1(C)c2cc(C=Cc3ccc(C=Cc4ccc5c(c4)C(C)(C)c4cc(N(c6ccccc6)c6ccc(-c7ccc8ccccc8c7)cc6)ccc4-5)cc3)ccc2-c2ccc(N(c3ccccc3)c3ccc(-c4ccc5ccccc5c4)cc3)cc21. The molecule has 0 bridgehead atoms. The first-order valence-corrected chi connectivity index (χ1v) is 30.0. The van der Waals surface area contributed by atoms with E-state index in [9.17, 15) is 0 Å². The normalized spacial score (nSPS) is 13.4. The van der Waals surface area contributed by atoms with Crippen molar-refractivity contribution in [3.05, 3.63) is 336 Å². The number of hydrogen-bond acceptors (Lipinski definition) is 2. The van der Waals surface area contributed by atoms with Crippen LogP contribution in [-0.4, -0.2) is 0 Å². The van der Waals surface area contributed by atoms with Gasteiger partial charge in [0.25, 0.3) is 0 Å². The van der Waals surface area contributed by atoms with Gasteiger partial charge in [-0.3, -0.25) is 0 Å². The Labute approximate surface area is 505 Å². The number of nitrogens with zero attached hydrogens (tertiary/aromatic N) is 2. The summed E-state index contributed by atoms with van der Waals surface area (Å²) >= 11 is 0. The summed E-state index contributed by atoms with van der Waals surface area (Å²) in [6, 6.07) is 107. The van der Waals surface area contributed by atoms with Crippen LogP contribution in [-0.2, 0) is 10.8 Å². The molecule has 0 N–H and O–H groups in total. The van der Waals surface area contributed by atoms with Gasteiger partial charge in [0.15, 0.2) is 0 Å². The van der Waals surface area contributed by atoms with Gasteiger partial charge in [0.1, 0.15) is 0 Å². The van der Waals surface area contributed by atoms with E-state index in [2.05, 4.69) is 353 Å². The Morgan fingerprint density at radius 3 is 0.907 bits per heavy atom. The lowest BCUT2D eigenvalue weighted by atomic mass is 9.81. The monoisotopic (exact) mass is 1100 g/mol. The Morgan fingerprint density at radius 2 is 0.512 bits per heavy atom. The predicted octanol–water partition coefficient (Wildman–Crippen LogP) is 23.2. The topological polar surface area (TPSA) is 6.48 Å². The maximum absolute atomic E-state index is 2.42. The first kappa shape index (κ1) is 52.3. The van der Waals surface area contributed by atoms with Crippen molar-refractivity contribution >= 4 is 80.0 Å². The lowest BCUT2D eigenvalue weighted by molar-refractivity contribution is 0.660. The molecule has 2 nitrogen and oxygen atoms in total. The Bertz CT molecular complexity index is 4470. The summed E-state index contributed by atoms with van der Waals surface area (Å²) in [7, 11) is 0. The van der Waals surface area contributed by atoms with E-state index < -0.39 is 0 Å². The molecule has 0 aromatic heterocycles. The third-order valence-corrected chi connectivity index (χ3v) is 18.2. The fourth-order valence-corrected chi connectivity index (χ4v) is 13.5. The molecule has 0 spiro atoms. The fourth-order valence-electron chi connectivity index (χ4n) is 13.5. The molecular formula is C84H64N2. The van der Waals surface area contributed by atoms with E-state index in [0.29, 0.717) is 0 Å². The van der Waals surface area contributed by atoms with Gasteiger partial charge in [0.2, 0.25) is 0 Å². The summed E-state index contributed by atoms with van der Waals surface area (Å²) < 4.78 is 0. The molecule has 0 amide bonds. The zero-order valence-electron chi connectivity index (χ0n) is 48.9. The van der Waals surface area contributed by atoms with E-state index >= 15 is 0 Å². The smallest absolute Gasteiger partial charge is 0.0465 e. The highest BCUT2D eigenvalue weighted by atomic mass is 15.1. The van der Waals surface area contributed by atoms with Crippen LogP contribution in [0.5, 0.6) is 0 Å². The van der Waals surface area contributed by atoms with Gasteiger partial charge in [-0.25, -0.2) is 0 Å². The van der Waals surface area contributed by atoms with Crippen LogP contribution in [0.25, 0.3) is 90.4 Å². The molecule has 0 aliphatic heterocycles. The molecular weight excluding hydrogens is 1040 g/mol. The van der Waals surface area contributed by atoms with Gasteiger partial charge in [-0.2, -0.15) is 0 Å². The van der Waals surface area contributed by atoms with Crippen LogP contribution in [0.15, 0.2) is 291 Å². The third kappa shape index (κ3) is 9.50. The molecule has 2 aliphatic rings. The van der Waals surface area contributed by atoms with E-state index in [0.717, 1.165) is 34.1 Å². The molecule has 0 fully saturated rings. The molecule has 0 heterocycles. The summed E-state index contributed by atoms with van der Waals surface area (Å²) in [5, 5.41) is 5.02. The molecule has 0 atom stereocenters. The summed E-state index contributed by atoms with van der Waals surface area (Å²) in [5.41, 5.74) is 26.6. The second-order valence-corrected chi connectivity index (χ2v) is 24.2. The van der Waals surface area contributed by atoms with E-state index in [1.165, 1.54) is 111 Å². The number of anilines is 6. The quantitative estimate of drug-likeness (QED) is 0.113. The highest BCUT2D eigenvalue weighted by Crippen LogP contribution is 2.53. The van der Waals surface area contributed by atoms with E-state index in [4.69, 9.17) is 0 Å². The van der Waals surface area contributed by atoms with Crippen molar-refractivity contribution in [2.24, 2.45) is 0 Å². The zero-order chi connectivity index (χ0) is 57.9. The number of benzene rings is 13. The molecule has 2 aliphatic carbocycles. The lowest BCUT2D eigenvalue weighted by Crippen LogP contribution is -2.16. The van der Waals surface area contributed by atoms with Crippen molar-refractivity contribution in [2.45, 2.75) is 38.5 Å². The maximum atomic E-state index is 2.42. The molecule has 0 radical (unpaired) electrons. The largest absolute Gasteiger partial charge is 0.310 e. The molecule has 0 unspecified atom stereocenters. The van der Waals surface area contributed by atoms with Gasteiger partial charge in [-0.05, 0) is 195 Å².